The molecule has 1 heterocycles. The molecule has 1 atom stereocenters. The van der Waals surface area contributed by atoms with Crippen molar-refractivity contribution in [3.63, 3.8) is 0 Å². The van der Waals surface area contributed by atoms with Crippen LogP contribution in [0.15, 0.2) is 42.9 Å². The Morgan fingerprint density at radius 2 is 2.00 bits per heavy atom. The molecule has 0 spiro atoms. The molecule has 2 rings (SSSR count). The van der Waals surface area contributed by atoms with E-state index in [4.69, 9.17) is 0 Å². The van der Waals surface area contributed by atoms with Gasteiger partial charge in [-0.25, -0.2) is 0 Å². The first-order valence-corrected chi connectivity index (χ1v) is 4.78. The van der Waals surface area contributed by atoms with Crippen molar-refractivity contribution in [1.29, 1.82) is 0 Å². The van der Waals surface area contributed by atoms with Crippen molar-refractivity contribution in [3.05, 3.63) is 59.7 Å². The normalized spacial score (nSPS) is 12.4. The molecule has 0 aliphatic heterocycles. The van der Waals surface area contributed by atoms with E-state index in [0.717, 1.165) is 11.1 Å². The average Bonchev–Trinajstić information content (AvgIpc) is 2.30. The van der Waals surface area contributed by atoms with Crippen molar-refractivity contribution in [2.45, 2.75) is 13.0 Å². The van der Waals surface area contributed by atoms with Crippen LogP contribution >= 0.6 is 0 Å². The highest BCUT2D eigenvalue weighted by atomic mass is 16.3. The van der Waals surface area contributed by atoms with Crippen LogP contribution in [0.4, 0.5) is 0 Å². The van der Waals surface area contributed by atoms with Crippen LogP contribution in [-0.2, 0) is 0 Å². The van der Waals surface area contributed by atoms with Crippen molar-refractivity contribution in [2.24, 2.45) is 0 Å². The summed E-state index contributed by atoms with van der Waals surface area (Å²) in [6.07, 6.45) is 4.06. The predicted molar refractivity (Wildman–Crippen MR) is 57.3 cm³/mol. The minimum Gasteiger partial charge on any atom is -0.382 e. The summed E-state index contributed by atoms with van der Waals surface area (Å²) >= 11 is 0. The van der Waals surface area contributed by atoms with Crippen LogP contribution in [0.3, 0.4) is 0 Å². The zero-order chi connectivity index (χ0) is 10.7. The van der Waals surface area contributed by atoms with E-state index < -0.39 is 6.10 Å². The molecule has 0 unspecified atom stereocenters. The Morgan fingerprint density at radius 3 is 2.67 bits per heavy atom. The Kier molecular flexibility index (Phi) is 2.74. The van der Waals surface area contributed by atoms with Crippen LogP contribution in [0.5, 0.6) is 0 Å². The molecule has 1 aromatic carbocycles. The molecule has 1 aromatic heterocycles. The number of nitrogens with zero attached hydrogens (tertiary/aromatic N) is 2. The zero-order valence-electron chi connectivity index (χ0n) is 8.46. The lowest BCUT2D eigenvalue weighted by Gasteiger charge is -2.12. The van der Waals surface area contributed by atoms with Gasteiger partial charge in [0.2, 0.25) is 0 Å². The summed E-state index contributed by atoms with van der Waals surface area (Å²) < 4.78 is 0. The number of aliphatic hydroxyl groups excluding tert-OH is 1. The summed E-state index contributed by atoms with van der Waals surface area (Å²) in [6.45, 7) is 1.97. The number of hydrogen-bond donors (Lipinski definition) is 1. The Balaban J connectivity index is 2.37. The predicted octanol–water partition coefficient (Wildman–Crippen LogP) is 1.87. The highest BCUT2D eigenvalue weighted by Crippen LogP contribution is 2.21. The molecule has 1 N–H and O–H groups in total. The van der Waals surface area contributed by atoms with Crippen molar-refractivity contribution in [3.8, 4) is 0 Å². The fraction of sp³-hybridized carbons (Fsp3) is 0.167. The van der Waals surface area contributed by atoms with Gasteiger partial charge in [0, 0.05) is 12.4 Å². The number of benzene rings is 1. The molecule has 15 heavy (non-hydrogen) atoms. The molecular formula is C12H12N2O. The van der Waals surface area contributed by atoms with Gasteiger partial charge in [-0.2, -0.15) is 0 Å². The number of rotatable bonds is 2. The second-order valence-electron chi connectivity index (χ2n) is 3.39. The molecular weight excluding hydrogens is 188 g/mol. The fourth-order valence-electron chi connectivity index (χ4n) is 1.50. The highest BCUT2D eigenvalue weighted by molar-refractivity contribution is 5.31. The van der Waals surface area contributed by atoms with Crippen molar-refractivity contribution < 1.29 is 5.11 Å². The maximum atomic E-state index is 10.1. The van der Waals surface area contributed by atoms with E-state index in [1.165, 1.54) is 0 Å². The molecule has 0 saturated carbocycles. The van der Waals surface area contributed by atoms with Gasteiger partial charge in [-0.1, -0.05) is 24.3 Å². The number of aromatic nitrogens is 2. The SMILES string of the molecule is Cc1ccccc1[C@H](O)c1cnccn1. The molecule has 0 saturated heterocycles. The summed E-state index contributed by atoms with van der Waals surface area (Å²) in [5.74, 6) is 0. The van der Waals surface area contributed by atoms with Gasteiger partial charge in [0.15, 0.2) is 0 Å². The molecule has 3 nitrogen and oxygen atoms in total. The van der Waals surface area contributed by atoms with Gasteiger partial charge in [-0.15, -0.1) is 0 Å². The standard InChI is InChI=1S/C12H12N2O/c1-9-4-2-3-5-10(9)12(15)11-8-13-6-7-14-11/h2-8,12,15H,1H3/t12-/m0/s1. The molecule has 0 aliphatic carbocycles. The van der Waals surface area contributed by atoms with E-state index in [0.29, 0.717) is 5.69 Å². The van der Waals surface area contributed by atoms with E-state index in [9.17, 15) is 5.11 Å². The second kappa shape index (κ2) is 4.19. The summed E-state index contributed by atoms with van der Waals surface area (Å²) in [4.78, 5) is 8.02. The Labute approximate surface area is 88.5 Å². The Morgan fingerprint density at radius 1 is 1.20 bits per heavy atom. The maximum Gasteiger partial charge on any atom is 0.123 e. The summed E-state index contributed by atoms with van der Waals surface area (Å²) in [5, 5.41) is 10.1. The lowest BCUT2D eigenvalue weighted by Crippen LogP contribution is -2.04. The maximum absolute atomic E-state index is 10.1. The summed E-state index contributed by atoms with van der Waals surface area (Å²) in [5.41, 5.74) is 2.50. The van der Waals surface area contributed by atoms with Crippen molar-refractivity contribution in [2.75, 3.05) is 0 Å². The van der Waals surface area contributed by atoms with E-state index in [1.54, 1.807) is 18.6 Å². The molecule has 0 aliphatic rings. The van der Waals surface area contributed by atoms with E-state index in [2.05, 4.69) is 9.97 Å². The summed E-state index contributed by atoms with van der Waals surface area (Å²) in [6, 6.07) is 7.72. The van der Waals surface area contributed by atoms with Gasteiger partial charge in [0.25, 0.3) is 0 Å². The molecule has 76 valence electrons. The van der Waals surface area contributed by atoms with Crippen LogP contribution < -0.4 is 0 Å². The third kappa shape index (κ3) is 2.02. The van der Waals surface area contributed by atoms with Crippen molar-refractivity contribution in [1.82, 2.24) is 9.97 Å². The quantitative estimate of drug-likeness (QED) is 0.804. The molecule has 0 fully saturated rings. The second-order valence-corrected chi connectivity index (χ2v) is 3.39. The van der Waals surface area contributed by atoms with E-state index >= 15 is 0 Å². The van der Waals surface area contributed by atoms with Crippen LogP contribution in [0.2, 0.25) is 0 Å². The molecule has 0 bridgehead atoms. The lowest BCUT2D eigenvalue weighted by molar-refractivity contribution is 0.214. The van der Waals surface area contributed by atoms with Gasteiger partial charge in [0.1, 0.15) is 6.10 Å². The van der Waals surface area contributed by atoms with Crippen LogP contribution in [0, 0.1) is 6.92 Å². The lowest BCUT2D eigenvalue weighted by atomic mass is 10.0. The van der Waals surface area contributed by atoms with Gasteiger partial charge in [-0.3, -0.25) is 9.97 Å². The van der Waals surface area contributed by atoms with Gasteiger partial charge in [0.05, 0.1) is 11.9 Å². The van der Waals surface area contributed by atoms with Crippen LogP contribution in [0.25, 0.3) is 0 Å². The first-order chi connectivity index (χ1) is 7.29. The van der Waals surface area contributed by atoms with E-state index in [-0.39, 0.29) is 0 Å². The summed E-state index contributed by atoms with van der Waals surface area (Å²) in [7, 11) is 0. The average molecular weight is 200 g/mol. The highest BCUT2D eigenvalue weighted by Gasteiger charge is 2.13. The topological polar surface area (TPSA) is 46.0 Å². The molecule has 2 aromatic rings. The number of hydrogen-bond acceptors (Lipinski definition) is 3. The van der Waals surface area contributed by atoms with Crippen LogP contribution in [-0.4, -0.2) is 15.1 Å². The molecule has 0 amide bonds. The molecule has 0 radical (unpaired) electrons. The van der Waals surface area contributed by atoms with Gasteiger partial charge >= 0.3 is 0 Å². The van der Waals surface area contributed by atoms with Gasteiger partial charge < -0.3 is 5.11 Å². The molecule has 3 heteroatoms. The minimum absolute atomic E-state index is 0.576. The smallest absolute Gasteiger partial charge is 0.123 e. The zero-order valence-corrected chi connectivity index (χ0v) is 8.46. The Hall–Kier alpha value is -1.74. The third-order valence-corrected chi connectivity index (χ3v) is 2.35. The monoisotopic (exact) mass is 200 g/mol. The third-order valence-electron chi connectivity index (χ3n) is 2.35. The van der Waals surface area contributed by atoms with E-state index in [1.807, 2.05) is 31.2 Å². The number of aliphatic hydroxyl groups is 1. The minimum atomic E-state index is -0.695. The van der Waals surface area contributed by atoms with Crippen molar-refractivity contribution >= 4 is 0 Å². The first kappa shape index (κ1) is 9.80. The Bertz CT molecular complexity index is 442. The van der Waals surface area contributed by atoms with Gasteiger partial charge in [-0.05, 0) is 18.1 Å². The fourth-order valence-corrected chi connectivity index (χ4v) is 1.50. The van der Waals surface area contributed by atoms with Crippen LogP contribution in [0.1, 0.15) is 22.9 Å². The first-order valence-electron chi connectivity index (χ1n) is 4.78. The number of aryl methyl sites for hydroxylation is 1. The largest absolute Gasteiger partial charge is 0.382 e.